The van der Waals surface area contributed by atoms with Crippen LogP contribution in [0.1, 0.15) is 16.2 Å². The zero-order valence-electron chi connectivity index (χ0n) is 14.6. The van der Waals surface area contributed by atoms with Crippen LogP contribution in [0.3, 0.4) is 0 Å². The molecule has 0 saturated heterocycles. The number of carbonyl (C=O) groups excluding carboxylic acids is 1. The number of carbonyl (C=O) groups is 1. The molecule has 148 valence electrons. The summed E-state index contributed by atoms with van der Waals surface area (Å²) in [6.45, 7) is 1.51. The van der Waals surface area contributed by atoms with E-state index in [4.69, 9.17) is 0 Å². The molecule has 2 rings (SSSR count). The first-order chi connectivity index (χ1) is 12.3. The Morgan fingerprint density at radius 3 is 2.52 bits per heavy atom. The van der Waals surface area contributed by atoms with Crippen LogP contribution in [0.25, 0.3) is 10.9 Å². The van der Waals surface area contributed by atoms with Crippen LogP contribution in [-0.2, 0) is 10.0 Å². The van der Waals surface area contributed by atoms with Gasteiger partial charge in [-0.25, -0.2) is 17.7 Å². The summed E-state index contributed by atoms with van der Waals surface area (Å²) in [5, 5.41) is 1.86. The van der Waals surface area contributed by atoms with Crippen LogP contribution in [0.15, 0.2) is 23.0 Å². The molecule has 1 atom stereocenters. The van der Waals surface area contributed by atoms with Crippen molar-refractivity contribution in [3.8, 4) is 0 Å². The fourth-order valence-corrected chi connectivity index (χ4v) is 3.21. The number of aromatic nitrogens is 2. The first-order valence-corrected chi connectivity index (χ1v) is 9.20. The van der Waals surface area contributed by atoms with Crippen molar-refractivity contribution in [3.63, 3.8) is 0 Å². The van der Waals surface area contributed by atoms with E-state index in [1.54, 1.807) is 5.32 Å². The number of nitrogens with zero attached hydrogens (tertiary/aromatic N) is 2. The first-order valence-electron chi connectivity index (χ1n) is 7.60. The number of fused-ring (bicyclic) bond motifs is 1. The number of H-pyrrole nitrogens is 1. The van der Waals surface area contributed by atoms with Gasteiger partial charge < -0.3 is 10.3 Å². The summed E-state index contributed by atoms with van der Waals surface area (Å²) >= 11 is 0. The lowest BCUT2D eigenvalue weighted by Gasteiger charge is -2.23. The van der Waals surface area contributed by atoms with E-state index in [1.807, 2.05) is 0 Å². The molecule has 8 nitrogen and oxygen atoms in total. The molecule has 1 unspecified atom stereocenters. The third-order valence-corrected chi connectivity index (χ3v) is 5.59. The number of rotatable bonds is 5. The van der Waals surface area contributed by atoms with Gasteiger partial charge in [-0.2, -0.15) is 13.2 Å². The monoisotopic (exact) mass is 406 g/mol. The van der Waals surface area contributed by atoms with Crippen molar-refractivity contribution in [1.82, 2.24) is 19.6 Å². The average Bonchev–Trinajstić information content (AvgIpc) is 2.52. The molecule has 0 aliphatic heterocycles. The van der Waals surface area contributed by atoms with E-state index in [-0.39, 0.29) is 22.3 Å². The third-order valence-electron chi connectivity index (χ3n) is 3.72. The number of alkyl halides is 3. The summed E-state index contributed by atoms with van der Waals surface area (Å²) in [6, 6.07) is 0.995. The Kier molecular flexibility index (Phi) is 5.61. The Morgan fingerprint density at radius 2 is 1.96 bits per heavy atom. The second kappa shape index (κ2) is 7.27. The van der Waals surface area contributed by atoms with E-state index in [0.29, 0.717) is 4.31 Å². The van der Waals surface area contributed by atoms with Gasteiger partial charge in [-0.15, -0.1) is 0 Å². The lowest BCUT2D eigenvalue weighted by Crippen LogP contribution is -2.51. The number of nitrogens with one attached hydrogen (secondary N) is 2. The standard InChI is InChI=1S/C15H17F3N4O4S/c1-8-19-11-6-9(4-5-10(11)14(24)20-8)13(23)21-12(15(16,17)18)7-27(25,26)22(2)3/h4-6,12H,7H2,1-3H3,(H,21,23)(H,19,20,24). The van der Waals surface area contributed by atoms with Gasteiger partial charge in [0.25, 0.3) is 11.5 Å². The van der Waals surface area contributed by atoms with Crippen molar-refractivity contribution in [2.75, 3.05) is 19.8 Å². The number of hydrogen-bond donors (Lipinski definition) is 2. The van der Waals surface area contributed by atoms with Gasteiger partial charge in [0.2, 0.25) is 10.0 Å². The molecular weight excluding hydrogens is 389 g/mol. The molecule has 0 aliphatic carbocycles. The minimum atomic E-state index is -4.97. The van der Waals surface area contributed by atoms with Crippen LogP contribution in [-0.4, -0.2) is 60.7 Å². The lowest BCUT2D eigenvalue weighted by molar-refractivity contribution is -0.148. The Hall–Kier alpha value is -2.47. The molecule has 27 heavy (non-hydrogen) atoms. The summed E-state index contributed by atoms with van der Waals surface area (Å²) in [5.41, 5.74) is -0.500. The van der Waals surface area contributed by atoms with E-state index < -0.39 is 39.5 Å². The SMILES string of the molecule is Cc1nc2cc(C(=O)NC(CS(=O)(=O)N(C)C)C(F)(F)F)ccc2c(=O)[nH]1. The third kappa shape index (κ3) is 4.83. The van der Waals surface area contributed by atoms with E-state index in [2.05, 4.69) is 9.97 Å². The van der Waals surface area contributed by atoms with Crippen molar-refractivity contribution in [2.24, 2.45) is 0 Å². The summed E-state index contributed by atoms with van der Waals surface area (Å²) in [6.07, 6.45) is -4.97. The molecule has 0 bridgehead atoms. The number of aryl methyl sites for hydroxylation is 1. The summed E-state index contributed by atoms with van der Waals surface area (Å²) < 4.78 is 63.8. The molecule has 1 heterocycles. The topological polar surface area (TPSA) is 112 Å². The van der Waals surface area contributed by atoms with Crippen LogP contribution < -0.4 is 10.9 Å². The molecule has 0 radical (unpaired) electrons. The molecule has 1 aromatic carbocycles. The summed E-state index contributed by atoms with van der Waals surface area (Å²) in [4.78, 5) is 30.5. The number of aromatic amines is 1. The van der Waals surface area contributed by atoms with Gasteiger partial charge in [-0.1, -0.05) is 0 Å². The first kappa shape index (κ1) is 20.8. The van der Waals surface area contributed by atoms with Crippen molar-refractivity contribution < 1.29 is 26.4 Å². The lowest BCUT2D eigenvalue weighted by atomic mass is 10.1. The van der Waals surface area contributed by atoms with Gasteiger partial charge in [0, 0.05) is 19.7 Å². The maximum atomic E-state index is 13.2. The minimum absolute atomic E-state index is 0.133. The molecule has 0 fully saturated rings. The van der Waals surface area contributed by atoms with Crippen molar-refractivity contribution in [2.45, 2.75) is 19.1 Å². The molecule has 1 aromatic heterocycles. The normalized spacial score (nSPS) is 13.7. The predicted molar refractivity (Wildman–Crippen MR) is 91.9 cm³/mol. The maximum Gasteiger partial charge on any atom is 0.409 e. The molecule has 0 saturated carbocycles. The van der Waals surface area contributed by atoms with Crippen molar-refractivity contribution in [1.29, 1.82) is 0 Å². The van der Waals surface area contributed by atoms with Crippen LogP contribution in [0, 0.1) is 6.92 Å². The zero-order chi connectivity index (χ0) is 20.6. The number of sulfonamides is 1. The Balaban J connectivity index is 2.35. The average molecular weight is 406 g/mol. The summed E-state index contributed by atoms with van der Waals surface area (Å²) in [7, 11) is -2.02. The second-order valence-corrected chi connectivity index (χ2v) is 8.24. The van der Waals surface area contributed by atoms with Crippen LogP contribution in [0.4, 0.5) is 13.2 Å². The quantitative estimate of drug-likeness (QED) is 0.762. The largest absolute Gasteiger partial charge is 0.409 e. The van der Waals surface area contributed by atoms with E-state index >= 15 is 0 Å². The van der Waals surface area contributed by atoms with Crippen LogP contribution in [0.5, 0.6) is 0 Å². The second-order valence-electron chi connectivity index (χ2n) is 6.01. The molecular formula is C15H17F3N4O4S. The fourth-order valence-electron chi connectivity index (χ4n) is 2.22. The van der Waals surface area contributed by atoms with Crippen LogP contribution in [0.2, 0.25) is 0 Å². The number of benzene rings is 1. The highest BCUT2D eigenvalue weighted by Gasteiger charge is 2.44. The number of hydrogen-bond acceptors (Lipinski definition) is 5. The van der Waals surface area contributed by atoms with E-state index in [0.717, 1.165) is 20.2 Å². The maximum absolute atomic E-state index is 13.2. The highest BCUT2D eigenvalue weighted by atomic mass is 32.2. The van der Waals surface area contributed by atoms with Gasteiger partial charge in [-0.05, 0) is 25.1 Å². The number of halogens is 3. The van der Waals surface area contributed by atoms with Gasteiger partial charge >= 0.3 is 6.18 Å². The van der Waals surface area contributed by atoms with E-state index in [9.17, 15) is 31.2 Å². The number of amides is 1. The van der Waals surface area contributed by atoms with Gasteiger partial charge in [0.15, 0.2) is 0 Å². The zero-order valence-corrected chi connectivity index (χ0v) is 15.4. The van der Waals surface area contributed by atoms with Gasteiger partial charge in [-0.3, -0.25) is 9.59 Å². The Labute approximate surface area is 152 Å². The van der Waals surface area contributed by atoms with Gasteiger partial charge in [0.05, 0.1) is 16.7 Å². The smallest absolute Gasteiger partial charge is 0.339 e. The molecule has 2 N–H and O–H groups in total. The van der Waals surface area contributed by atoms with Crippen molar-refractivity contribution in [3.05, 3.63) is 39.9 Å². The molecule has 12 heteroatoms. The predicted octanol–water partition coefficient (Wildman–Crippen LogP) is 0.784. The minimum Gasteiger partial charge on any atom is -0.339 e. The van der Waals surface area contributed by atoms with Gasteiger partial charge in [0.1, 0.15) is 11.9 Å². The molecule has 0 spiro atoms. The highest BCUT2D eigenvalue weighted by molar-refractivity contribution is 7.89. The molecule has 1 amide bonds. The summed E-state index contributed by atoms with van der Waals surface area (Å²) in [5.74, 6) is -2.19. The van der Waals surface area contributed by atoms with Crippen molar-refractivity contribution >= 4 is 26.8 Å². The Bertz CT molecular complexity index is 1030. The Morgan fingerprint density at radius 1 is 1.33 bits per heavy atom. The highest BCUT2D eigenvalue weighted by Crippen LogP contribution is 2.23. The molecule has 2 aromatic rings. The fraction of sp³-hybridized carbons (Fsp3) is 0.400. The molecule has 0 aliphatic rings. The van der Waals surface area contributed by atoms with E-state index in [1.165, 1.54) is 19.1 Å². The van der Waals surface area contributed by atoms with Crippen LogP contribution >= 0.6 is 0 Å².